The first-order chi connectivity index (χ1) is 30.2. The van der Waals surface area contributed by atoms with E-state index < -0.39 is 35.9 Å². The molecule has 11 nitrogen and oxygen atoms in total. The van der Waals surface area contributed by atoms with Gasteiger partial charge >= 0.3 is 17.9 Å². The maximum absolute atomic E-state index is 13.2. The van der Waals surface area contributed by atoms with Gasteiger partial charge in [-0.15, -0.1) is 0 Å². The highest BCUT2D eigenvalue weighted by Gasteiger charge is 2.40. The van der Waals surface area contributed by atoms with E-state index >= 15 is 0 Å². The number of allylic oxidation sites excluding steroid dienone is 8. The van der Waals surface area contributed by atoms with Crippen LogP contribution in [0.15, 0.2) is 48.6 Å². The molecule has 0 aromatic heterocycles. The standard InChI is InChI=1S/C51H89NO10/c1-7-11-15-19-23-27-37-56-48(57-38-28-24-20-16-12-8-2)33-31-46(53)60-41-45(43-62-50(55)51(5)35-36-52(6)44-51)42-61-47(54)32-34-49(58-39-29-25-21-17-13-9-3)59-40-30-26-22-18-14-10-4/h11-18,45,48-49H,7-10,19-44H2,1-6H3/b15-11-,16-12-,17-13-,18-14-. The molecule has 0 aromatic rings. The number of rotatable bonds is 41. The lowest BCUT2D eigenvalue weighted by molar-refractivity contribution is -0.165. The van der Waals surface area contributed by atoms with Crippen molar-refractivity contribution in [1.82, 2.24) is 4.90 Å². The summed E-state index contributed by atoms with van der Waals surface area (Å²) in [6, 6.07) is 0. The molecule has 0 saturated carbocycles. The van der Waals surface area contributed by atoms with Gasteiger partial charge in [0.2, 0.25) is 0 Å². The molecule has 1 aliphatic rings. The zero-order valence-electron chi connectivity index (χ0n) is 40.1. The minimum Gasteiger partial charge on any atom is -0.465 e. The lowest BCUT2D eigenvalue weighted by Gasteiger charge is -2.24. The van der Waals surface area contributed by atoms with Crippen LogP contribution in [0.1, 0.15) is 169 Å². The first-order valence-electron chi connectivity index (χ1n) is 24.4. The number of hydrogen-bond donors (Lipinski definition) is 0. The van der Waals surface area contributed by atoms with Crippen molar-refractivity contribution in [2.75, 3.05) is 66.4 Å². The van der Waals surface area contributed by atoms with E-state index in [-0.39, 0.29) is 38.6 Å². The summed E-state index contributed by atoms with van der Waals surface area (Å²) in [6.45, 7) is 13.9. The molecule has 11 heteroatoms. The summed E-state index contributed by atoms with van der Waals surface area (Å²) in [6.07, 6.45) is 34.1. The summed E-state index contributed by atoms with van der Waals surface area (Å²) >= 11 is 0. The highest BCUT2D eigenvalue weighted by atomic mass is 16.7. The molecule has 0 aliphatic carbocycles. The number of nitrogens with zero attached hydrogens (tertiary/aromatic N) is 1. The van der Waals surface area contributed by atoms with E-state index in [1.807, 2.05) is 14.0 Å². The van der Waals surface area contributed by atoms with E-state index in [0.717, 1.165) is 109 Å². The van der Waals surface area contributed by atoms with E-state index in [1.165, 1.54) is 0 Å². The Morgan fingerprint density at radius 2 is 0.887 bits per heavy atom. The van der Waals surface area contributed by atoms with Crippen molar-refractivity contribution in [1.29, 1.82) is 0 Å². The molecule has 1 unspecified atom stereocenters. The van der Waals surface area contributed by atoms with E-state index in [2.05, 4.69) is 81.2 Å². The normalized spacial score (nSPS) is 16.1. The number of likely N-dealkylation sites (tertiary alicyclic amines) is 1. The molecule has 0 aromatic carbocycles. The number of esters is 3. The summed E-state index contributed by atoms with van der Waals surface area (Å²) in [5, 5.41) is 0. The average molecular weight is 876 g/mol. The van der Waals surface area contributed by atoms with Crippen LogP contribution >= 0.6 is 0 Å². The van der Waals surface area contributed by atoms with Gasteiger partial charge in [0.05, 0.1) is 24.2 Å². The monoisotopic (exact) mass is 876 g/mol. The van der Waals surface area contributed by atoms with Gasteiger partial charge < -0.3 is 38.1 Å². The lowest BCUT2D eigenvalue weighted by atomic mass is 9.90. The number of carbonyl (C=O) groups excluding carboxylic acids is 3. The van der Waals surface area contributed by atoms with E-state index in [9.17, 15) is 14.4 Å². The Labute approximate surface area is 377 Å². The smallest absolute Gasteiger partial charge is 0.313 e. The van der Waals surface area contributed by atoms with Crippen molar-refractivity contribution in [2.45, 2.75) is 182 Å². The fourth-order valence-electron chi connectivity index (χ4n) is 6.79. The molecule has 358 valence electrons. The Balaban J connectivity index is 2.80. The SMILES string of the molecule is CC/C=C\CCCCOC(CCC(=O)OCC(COC(=O)CCC(OCCCC/C=C\CC)OCCCC/C=C\CC)COC(=O)C1(C)CCN(C)C1)OCCCC/C=C\CC. The van der Waals surface area contributed by atoms with Gasteiger partial charge in [-0.2, -0.15) is 0 Å². The number of unbranched alkanes of at least 4 members (excludes halogenated alkanes) is 8. The van der Waals surface area contributed by atoms with Crippen molar-refractivity contribution in [3.05, 3.63) is 48.6 Å². The molecule has 1 atom stereocenters. The molecule has 0 spiro atoms. The minimum absolute atomic E-state index is 0.0375. The molecule has 1 aliphatic heterocycles. The molecule has 0 amide bonds. The van der Waals surface area contributed by atoms with Gasteiger partial charge in [0.25, 0.3) is 0 Å². The predicted molar refractivity (Wildman–Crippen MR) is 250 cm³/mol. The largest absolute Gasteiger partial charge is 0.465 e. The van der Waals surface area contributed by atoms with Crippen molar-refractivity contribution < 1.29 is 47.5 Å². The quantitative estimate of drug-likeness (QED) is 0.0192. The third kappa shape index (κ3) is 31.9. The summed E-state index contributed by atoms with van der Waals surface area (Å²) in [7, 11) is 1.98. The van der Waals surface area contributed by atoms with Crippen molar-refractivity contribution in [3.8, 4) is 0 Å². The van der Waals surface area contributed by atoms with Crippen LogP contribution in [0.25, 0.3) is 0 Å². The van der Waals surface area contributed by atoms with Gasteiger partial charge in [0.15, 0.2) is 12.6 Å². The number of carbonyl (C=O) groups is 3. The Bertz CT molecular complexity index is 1110. The Hall–Kier alpha value is -2.83. The van der Waals surface area contributed by atoms with Crippen LogP contribution in [-0.2, 0) is 47.5 Å². The molecule has 1 saturated heterocycles. The lowest BCUT2D eigenvalue weighted by Crippen LogP contribution is -2.35. The fourth-order valence-corrected chi connectivity index (χ4v) is 6.79. The molecule has 1 heterocycles. The van der Waals surface area contributed by atoms with E-state index in [1.54, 1.807) is 0 Å². The van der Waals surface area contributed by atoms with Crippen LogP contribution in [-0.4, -0.2) is 102 Å². The zero-order chi connectivity index (χ0) is 45.4. The van der Waals surface area contributed by atoms with Crippen LogP contribution in [0.2, 0.25) is 0 Å². The Morgan fingerprint density at radius 1 is 0.532 bits per heavy atom. The van der Waals surface area contributed by atoms with Gasteiger partial charge in [-0.25, -0.2) is 0 Å². The third-order valence-corrected chi connectivity index (χ3v) is 10.6. The summed E-state index contributed by atoms with van der Waals surface area (Å²) < 4.78 is 41.6. The third-order valence-electron chi connectivity index (χ3n) is 10.6. The van der Waals surface area contributed by atoms with Crippen molar-refractivity contribution in [3.63, 3.8) is 0 Å². The second-order valence-electron chi connectivity index (χ2n) is 16.8. The summed E-state index contributed by atoms with van der Waals surface area (Å²) in [5.74, 6) is -1.66. The number of ether oxygens (including phenoxy) is 7. The molecule has 0 N–H and O–H groups in total. The van der Waals surface area contributed by atoms with Crippen molar-refractivity contribution >= 4 is 17.9 Å². The second kappa shape index (κ2) is 39.7. The molecule has 0 radical (unpaired) electrons. The highest BCUT2D eigenvalue weighted by Crippen LogP contribution is 2.30. The zero-order valence-corrected chi connectivity index (χ0v) is 40.1. The molecular formula is C51H89NO10. The maximum atomic E-state index is 13.2. The number of hydrogen-bond acceptors (Lipinski definition) is 11. The second-order valence-corrected chi connectivity index (χ2v) is 16.8. The highest BCUT2D eigenvalue weighted by molar-refractivity contribution is 5.77. The van der Waals surface area contributed by atoms with E-state index in [4.69, 9.17) is 33.2 Å². The molecule has 62 heavy (non-hydrogen) atoms. The van der Waals surface area contributed by atoms with Gasteiger partial charge in [0.1, 0.15) is 19.8 Å². The molecule has 1 rings (SSSR count). The van der Waals surface area contributed by atoms with Gasteiger partial charge in [-0.3, -0.25) is 14.4 Å². The first kappa shape index (κ1) is 57.2. The molecular weight excluding hydrogens is 787 g/mol. The molecule has 0 bridgehead atoms. The Kier molecular flexibility index (Phi) is 36.7. The topological polar surface area (TPSA) is 119 Å². The minimum atomic E-state index is -0.618. The predicted octanol–water partition coefficient (Wildman–Crippen LogP) is 11.4. The summed E-state index contributed by atoms with van der Waals surface area (Å²) in [4.78, 5) is 41.5. The van der Waals surface area contributed by atoms with Crippen molar-refractivity contribution in [2.24, 2.45) is 11.3 Å². The van der Waals surface area contributed by atoms with Crippen LogP contribution in [0.3, 0.4) is 0 Å². The van der Waals surface area contributed by atoms with Crippen LogP contribution < -0.4 is 0 Å². The van der Waals surface area contributed by atoms with Gasteiger partial charge in [0, 0.05) is 45.8 Å². The van der Waals surface area contributed by atoms with E-state index in [0.29, 0.717) is 52.2 Å². The van der Waals surface area contributed by atoms with Gasteiger partial charge in [-0.05, 0) is 130 Å². The average Bonchev–Trinajstić information content (AvgIpc) is 3.63. The maximum Gasteiger partial charge on any atom is 0.313 e. The van der Waals surface area contributed by atoms with Crippen LogP contribution in [0, 0.1) is 11.3 Å². The molecule has 1 fully saturated rings. The van der Waals surface area contributed by atoms with Crippen LogP contribution in [0.5, 0.6) is 0 Å². The fraction of sp³-hybridized carbons (Fsp3) is 0.784. The Morgan fingerprint density at radius 3 is 1.21 bits per heavy atom. The van der Waals surface area contributed by atoms with Gasteiger partial charge in [-0.1, -0.05) is 76.3 Å². The summed E-state index contributed by atoms with van der Waals surface area (Å²) in [5.41, 5.74) is -0.618. The first-order valence-corrected chi connectivity index (χ1v) is 24.4. The van der Waals surface area contributed by atoms with Crippen LogP contribution in [0.4, 0.5) is 0 Å².